The Bertz CT molecular complexity index is 413. The zero-order valence-corrected chi connectivity index (χ0v) is 14.9. The molecule has 20 heavy (non-hydrogen) atoms. The first-order chi connectivity index (χ1) is 9.56. The van der Waals surface area contributed by atoms with Gasteiger partial charge in [-0.05, 0) is 30.9 Å². The van der Waals surface area contributed by atoms with Crippen LogP contribution in [0.5, 0.6) is 0 Å². The Morgan fingerprint density at radius 3 is 2.85 bits per heavy atom. The van der Waals surface area contributed by atoms with Gasteiger partial charge in [-0.15, -0.1) is 11.3 Å². The zero-order chi connectivity index (χ0) is 14.5. The van der Waals surface area contributed by atoms with Crippen LogP contribution >= 0.6 is 23.1 Å². The van der Waals surface area contributed by atoms with Gasteiger partial charge in [0.05, 0.1) is 5.69 Å². The summed E-state index contributed by atoms with van der Waals surface area (Å²) in [5.74, 6) is 3.75. The second-order valence-electron chi connectivity index (χ2n) is 6.48. The van der Waals surface area contributed by atoms with Crippen LogP contribution in [0.2, 0.25) is 0 Å². The first-order valence-corrected chi connectivity index (χ1v) is 9.83. The van der Waals surface area contributed by atoms with E-state index < -0.39 is 0 Å². The van der Waals surface area contributed by atoms with E-state index >= 15 is 0 Å². The fraction of sp³-hybridized carbons (Fsp3) is 0.812. The predicted octanol–water partition coefficient (Wildman–Crippen LogP) is 4.45. The number of aromatic nitrogens is 1. The number of aryl methyl sites for hydroxylation is 1. The molecular weight excluding hydrogens is 284 g/mol. The van der Waals surface area contributed by atoms with Crippen LogP contribution in [0.25, 0.3) is 0 Å². The van der Waals surface area contributed by atoms with Crippen LogP contribution in [0, 0.1) is 5.92 Å². The van der Waals surface area contributed by atoms with Gasteiger partial charge in [0.2, 0.25) is 0 Å². The Morgan fingerprint density at radius 1 is 1.35 bits per heavy atom. The van der Waals surface area contributed by atoms with Crippen molar-refractivity contribution in [3.63, 3.8) is 0 Å². The third-order valence-corrected chi connectivity index (χ3v) is 6.26. The van der Waals surface area contributed by atoms with Gasteiger partial charge in [-0.1, -0.05) is 27.7 Å². The fourth-order valence-electron chi connectivity index (χ4n) is 2.58. The van der Waals surface area contributed by atoms with Crippen molar-refractivity contribution in [3.05, 3.63) is 15.6 Å². The standard InChI is InChI=1S/C16H28N2S2/c1-11(2)9-19-10-15-18-16-13(8-17-12(3)4)6-5-7-14(16)20-15/h11-13,17H,5-10H2,1-4H3. The van der Waals surface area contributed by atoms with E-state index in [0.29, 0.717) is 12.0 Å². The number of nitrogens with zero attached hydrogens (tertiary/aromatic N) is 1. The summed E-state index contributed by atoms with van der Waals surface area (Å²) in [5.41, 5.74) is 1.41. The topological polar surface area (TPSA) is 24.9 Å². The van der Waals surface area contributed by atoms with Gasteiger partial charge in [0.1, 0.15) is 5.01 Å². The highest BCUT2D eigenvalue weighted by Crippen LogP contribution is 2.35. The summed E-state index contributed by atoms with van der Waals surface area (Å²) >= 11 is 3.99. The van der Waals surface area contributed by atoms with Crippen molar-refractivity contribution >= 4 is 23.1 Å². The summed E-state index contributed by atoms with van der Waals surface area (Å²) in [6.45, 7) is 10.1. The maximum absolute atomic E-state index is 4.96. The SMILES string of the molecule is CC(C)CSCc1nc2c(s1)CCCC2CNC(C)C. The maximum Gasteiger partial charge on any atom is 0.103 e. The molecule has 1 aliphatic rings. The summed E-state index contributed by atoms with van der Waals surface area (Å²) in [4.78, 5) is 6.53. The van der Waals surface area contributed by atoms with Gasteiger partial charge in [-0.2, -0.15) is 11.8 Å². The second kappa shape index (κ2) is 7.81. The van der Waals surface area contributed by atoms with E-state index in [-0.39, 0.29) is 0 Å². The van der Waals surface area contributed by atoms with E-state index in [4.69, 9.17) is 4.98 Å². The molecule has 2 rings (SSSR count). The Labute approximate surface area is 132 Å². The average Bonchev–Trinajstić information content (AvgIpc) is 2.78. The van der Waals surface area contributed by atoms with Crippen LogP contribution in [0.4, 0.5) is 0 Å². The minimum atomic E-state index is 0.570. The van der Waals surface area contributed by atoms with Crippen molar-refractivity contribution in [1.29, 1.82) is 0 Å². The van der Waals surface area contributed by atoms with Crippen LogP contribution < -0.4 is 5.32 Å². The molecule has 0 aromatic carbocycles. The molecule has 1 atom stereocenters. The largest absolute Gasteiger partial charge is 0.314 e. The minimum Gasteiger partial charge on any atom is -0.314 e. The van der Waals surface area contributed by atoms with Crippen LogP contribution in [-0.2, 0) is 12.2 Å². The van der Waals surface area contributed by atoms with Gasteiger partial charge in [0, 0.05) is 29.1 Å². The molecule has 0 saturated carbocycles. The normalized spacial score (nSPS) is 18.8. The van der Waals surface area contributed by atoms with Crippen molar-refractivity contribution < 1.29 is 0 Å². The maximum atomic E-state index is 4.96. The molecule has 1 aromatic rings. The molecule has 0 bridgehead atoms. The van der Waals surface area contributed by atoms with Crippen molar-refractivity contribution in [2.24, 2.45) is 5.92 Å². The first-order valence-electron chi connectivity index (χ1n) is 7.85. The van der Waals surface area contributed by atoms with Gasteiger partial charge in [0.15, 0.2) is 0 Å². The van der Waals surface area contributed by atoms with E-state index in [1.807, 2.05) is 23.1 Å². The zero-order valence-electron chi connectivity index (χ0n) is 13.2. The molecule has 1 aromatic heterocycles. The number of thioether (sulfide) groups is 1. The molecule has 0 fully saturated rings. The Morgan fingerprint density at radius 2 is 2.15 bits per heavy atom. The van der Waals surface area contributed by atoms with Crippen molar-refractivity contribution in [2.45, 2.75) is 64.7 Å². The number of hydrogen-bond acceptors (Lipinski definition) is 4. The molecule has 0 radical (unpaired) electrons. The molecule has 1 N–H and O–H groups in total. The summed E-state index contributed by atoms with van der Waals surface area (Å²) in [6.07, 6.45) is 3.88. The summed E-state index contributed by atoms with van der Waals surface area (Å²) in [5, 5.41) is 4.93. The third-order valence-electron chi connectivity index (χ3n) is 3.56. The molecule has 0 spiro atoms. The van der Waals surface area contributed by atoms with E-state index in [1.165, 1.54) is 35.7 Å². The highest BCUT2D eigenvalue weighted by molar-refractivity contribution is 7.98. The quantitative estimate of drug-likeness (QED) is 0.805. The van der Waals surface area contributed by atoms with Crippen LogP contribution in [0.3, 0.4) is 0 Å². The molecule has 2 nitrogen and oxygen atoms in total. The highest BCUT2D eigenvalue weighted by atomic mass is 32.2. The third kappa shape index (κ3) is 4.74. The molecule has 4 heteroatoms. The Balaban J connectivity index is 1.95. The molecule has 0 aliphatic heterocycles. The van der Waals surface area contributed by atoms with E-state index in [2.05, 4.69) is 33.0 Å². The van der Waals surface area contributed by atoms with E-state index in [0.717, 1.165) is 18.2 Å². The molecular formula is C16H28N2S2. The summed E-state index contributed by atoms with van der Waals surface area (Å²) in [7, 11) is 0. The average molecular weight is 313 g/mol. The second-order valence-corrected chi connectivity index (χ2v) is 8.68. The molecule has 1 heterocycles. The van der Waals surface area contributed by atoms with Crippen molar-refractivity contribution in [1.82, 2.24) is 10.3 Å². The number of hydrogen-bond donors (Lipinski definition) is 1. The van der Waals surface area contributed by atoms with Gasteiger partial charge < -0.3 is 5.32 Å². The molecule has 0 saturated heterocycles. The van der Waals surface area contributed by atoms with Crippen molar-refractivity contribution in [2.75, 3.05) is 12.3 Å². The van der Waals surface area contributed by atoms with E-state index in [9.17, 15) is 0 Å². The number of thiazole rings is 1. The highest BCUT2D eigenvalue weighted by Gasteiger charge is 2.24. The van der Waals surface area contributed by atoms with Gasteiger partial charge in [-0.3, -0.25) is 0 Å². The molecule has 114 valence electrons. The van der Waals surface area contributed by atoms with Gasteiger partial charge in [-0.25, -0.2) is 4.98 Å². The monoisotopic (exact) mass is 312 g/mol. The van der Waals surface area contributed by atoms with Crippen LogP contribution in [-0.4, -0.2) is 23.3 Å². The number of fused-ring (bicyclic) bond motifs is 1. The molecule has 1 aliphatic carbocycles. The molecule has 0 amide bonds. The van der Waals surface area contributed by atoms with Crippen LogP contribution in [0.1, 0.15) is 62.0 Å². The minimum absolute atomic E-state index is 0.570. The van der Waals surface area contributed by atoms with Crippen LogP contribution in [0.15, 0.2) is 0 Å². The smallest absolute Gasteiger partial charge is 0.103 e. The number of nitrogens with one attached hydrogen (secondary N) is 1. The summed E-state index contributed by atoms with van der Waals surface area (Å²) in [6, 6.07) is 0.570. The fourth-order valence-corrected chi connectivity index (χ4v) is 4.88. The molecule has 1 unspecified atom stereocenters. The summed E-state index contributed by atoms with van der Waals surface area (Å²) < 4.78 is 0. The number of rotatable bonds is 7. The lowest BCUT2D eigenvalue weighted by molar-refractivity contribution is 0.474. The lowest BCUT2D eigenvalue weighted by atomic mass is 9.91. The lowest BCUT2D eigenvalue weighted by Gasteiger charge is -2.22. The van der Waals surface area contributed by atoms with Gasteiger partial charge in [0.25, 0.3) is 0 Å². The first kappa shape index (κ1) is 16.3. The Hall–Kier alpha value is -0.0600. The van der Waals surface area contributed by atoms with E-state index in [1.54, 1.807) is 4.88 Å². The van der Waals surface area contributed by atoms with Crippen molar-refractivity contribution in [3.8, 4) is 0 Å². The Kier molecular flexibility index (Phi) is 6.37. The van der Waals surface area contributed by atoms with Gasteiger partial charge >= 0.3 is 0 Å². The predicted molar refractivity (Wildman–Crippen MR) is 91.9 cm³/mol. The lowest BCUT2D eigenvalue weighted by Crippen LogP contribution is -2.29.